The van der Waals surface area contributed by atoms with Gasteiger partial charge in [0.1, 0.15) is 12.1 Å². The van der Waals surface area contributed by atoms with Crippen LogP contribution in [0.5, 0.6) is 0 Å². The molecule has 0 aromatic heterocycles. The summed E-state index contributed by atoms with van der Waals surface area (Å²) in [4.78, 5) is 15.9. The van der Waals surface area contributed by atoms with Crippen molar-refractivity contribution in [2.75, 3.05) is 26.2 Å². The summed E-state index contributed by atoms with van der Waals surface area (Å²) in [7, 11) is 0. The summed E-state index contributed by atoms with van der Waals surface area (Å²) in [6.07, 6.45) is 2.91. The monoisotopic (exact) mass is 315 g/mol. The summed E-state index contributed by atoms with van der Waals surface area (Å²) in [6.45, 7) is 11.2. The molecule has 0 bridgehead atoms. The number of nitrogens with zero attached hydrogens (tertiary/aromatic N) is 1. The van der Waals surface area contributed by atoms with E-state index >= 15 is 0 Å². The SMILES string of the molecule is CCCC(CCO)CNC(=NCC(=O)OC(C)(C)C)NCC. The van der Waals surface area contributed by atoms with Crippen LogP contribution in [0.25, 0.3) is 0 Å². The summed E-state index contributed by atoms with van der Waals surface area (Å²) in [5.74, 6) is 0.665. The summed E-state index contributed by atoms with van der Waals surface area (Å²) >= 11 is 0. The van der Waals surface area contributed by atoms with E-state index in [0.717, 1.165) is 32.4 Å². The molecule has 0 rings (SSSR count). The quantitative estimate of drug-likeness (QED) is 0.342. The Labute approximate surface area is 134 Å². The Morgan fingerprint density at radius 1 is 1.23 bits per heavy atom. The lowest BCUT2D eigenvalue weighted by atomic mass is 10.0. The van der Waals surface area contributed by atoms with E-state index < -0.39 is 5.60 Å². The van der Waals surface area contributed by atoms with Gasteiger partial charge in [0.15, 0.2) is 5.96 Å². The van der Waals surface area contributed by atoms with E-state index in [1.165, 1.54) is 0 Å². The average Bonchev–Trinajstić information content (AvgIpc) is 2.40. The van der Waals surface area contributed by atoms with Crippen molar-refractivity contribution in [2.24, 2.45) is 10.9 Å². The van der Waals surface area contributed by atoms with E-state index in [9.17, 15) is 4.79 Å². The third-order valence-corrected chi connectivity index (χ3v) is 2.92. The number of nitrogens with one attached hydrogen (secondary N) is 2. The lowest BCUT2D eigenvalue weighted by molar-refractivity contribution is -0.152. The van der Waals surface area contributed by atoms with Crippen LogP contribution in [0.1, 0.15) is 53.9 Å². The predicted octanol–water partition coefficient (Wildman–Crippen LogP) is 1.68. The van der Waals surface area contributed by atoms with Crippen molar-refractivity contribution >= 4 is 11.9 Å². The van der Waals surface area contributed by atoms with Crippen LogP contribution in [0.4, 0.5) is 0 Å². The molecule has 0 fully saturated rings. The molecule has 0 aliphatic heterocycles. The number of aliphatic hydroxyl groups is 1. The predicted molar refractivity (Wildman–Crippen MR) is 89.9 cm³/mol. The van der Waals surface area contributed by atoms with Gasteiger partial charge in [0.25, 0.3) is 0 Å². The van der Waals surface area contributed by atoms with Gasteiger partial charge in [0.05, 0.1) is 0 Å². The Kier molecular flexibility index (Phi) is 10.6. The first-order valence-electron chi connectivity index (χ1n) is 8.17. The number of guanidine groups is 1. The van der Waals surface area contributed by atoms with Gasteiger partial charge in [-0.15, -0.1) is 0 Å². The van der Waals surface area contributed by atoms with Crippen molar-refractivity contribution in [3.05, 3.63) is 0 Å². The highest BCUT2D eigenvalue weighted by atomic mass is 16.6. The Balaban J connectivity index is 4.44. The van der Waals surface area contributed by atoms with Gasteiger partial charge in [-0.05, 0) is 46.5 Å². The number of hydrogen-bond donors (Lipinski definition) is 3. The second-order valence-corrected chi connectivity index (χ2v) is 6.33. The molecule has 3 N–H and O–H groups in total. The molecule has 0 aromatic carbocycles. The number of ether oxygens (including phenoxy) is 1. The molecule has 0 spiro atoms. The van der Waals surface area contributed by atoms with Crippen LogP contribution in [0.15, 0.2) is 4.99 Å². The number of rotatable bonds is 9. The molecule has 1 unspecified atom stereocenters. The molecular weight excluding hydrogens is 282 g/mol. The number of carbonyl (C=O) groups excluding carboxylic acids is 1. The fraction of sp³-hybridized carbons (Fsp3) is 0.875. The summed E-state index contributed by atoms with van der Waals surface area (Å²) in [5, 5.41) is 15.4. The van der Waals surface area contributed by atoms with Gasteiger partial charge in [0, 0.05) is 19.7 Å². The van der Waals surface area contributed by atoms with Crippen molar-refractivity contribution < 1.29 is 14.6 Å². The summed E-state index contributed by atoms with van der Waals surface area (Å²) in [5.41, 5.74) is -0.494. The lowest BCUT2D eigenvalue weighted by Gasteiger charge is -2.20. The van der Waals surface area contributed by atoms with E-state index in [1.54, 1.807) is 0 Å². The second kappa shape index (κ2) is 11.3. The summed E-state index contributed by atoms with van der Waals surface area (Å²) in [6, 6.07) is 0. The lowest BCUT2D eigenvalue weighted by Crippen LogP contribution is -2.40. The molecule has 0 saturated heterocycles. The Bertz CT molecular complexity index is 332. The number of aliphatic imine (C=N–C) groups is 1. The standard InChI is InChI=1S/C16H33N3O3/c1-6-8-13(9-10-20)11-18-15(17-7-2)19-12-14(21)22-16(3,4)5/h13,20H,6-12H2,1-5H3,(H2,17,18,19). The van der Waals surface area contributed by atoms with Crippen molar-refractivity contribution in [1.29, 1.82) is 0 Å². The molecular formula is C16H33N3O3. The minimum absolute atomic E-state index is 0.00888. The highest BCUT2D eigenvalue weighted by molar-refractivity contribution is 5.83. The van der Waals surface area contributed by atoms with Crippen LogP contribution in [0, 0.1) is 5.92 Å². The van der Waals surface area contributed by atoms with E-state index in [4.69, 9.17) is 9.84 Å². The molecule has 6 heteroatoms. The molecule has 6 nitrogen and oxygen atoms in total. The highest BCUT2D eigenvalue weighted by Gasteiger charge is 2.16. The zero-order valence-electron chi connectivity index (χ0n) is 14.7. The van der Waals surface area contributed by atoms with E-state index in [-0.39, 0.29) is 19.1 Å². The van der Waals surface area contributed by atoms with Gasteiger partial charge in [-0.3, -0.25) is 4.79 Å². The number of hydrogen-bond acceptors (Lipinski definition) is 4. The van der Waals surface area contributed by atoms with Gasteiger partial charge in [-0.1, -0.05) is 13.3 Å². The number of esters is 1. The largest absolute Gasteiger partial charge is 0.459 e. The Morgan fingerprint density at radius 3 is 2.41 bits per heavy atom. The zero-order valence-corrected chi connectivity index (χ0v) is 14.7. The minimum Gasteiger partial charge on any atom is -0.459 e. The maximum absolute atomic E-state index is 11.7. The normalized spacial score (nSPS) is 13.6. The van der Waals surface area contributed by atoms with Crippen molar-refractivity contribution in [2.45, 2.75) is 59.5 Å². The number of aliphatic hydroxyl groups excluding tert-OH is 1. The molecule has 0 saturated carbocycles. The molecule has 0 aliphatic rings. The van der Waals surface area contributed by atoms with Gasteiger partial charge < -0.3 is 20.5 Å². The van der Waals surface area contributed by atoms with Crippen LogP contribution in [0.2, 0.25) is 0 Å². The van der Waals surface area contributed by atoms with E-state index in [0.29, 0.717) is 11.9 Å². The Morgan fingerprint density at radius 2 is 1.91 bits per heavy atom. The first kappa shape index (κ1) is 20.7. The smallest absolute Gasteiger partial charge is 0.328 e. The topological polar surface area (TPSA) is 83.0 Å². The third-order valence-electron chi connectivity index (χ3n) is 2.92. The first-order chi connectivity index (χ1) is 10.3. The van der Waals surface area contributed by atoms with E-state index in [1.807, 2.05) is 27.7 Å². The fourth-order valence-corrected chi connectivity index (χ4v) is 2.04. The van der Waals surface area contributed by atoms with Crippen LogP contribution >= 0.6 is 0 Å². The molecule has 0 aliphatic carbocycles. The maximum atomic E-state index is 11.7. The molecule has 0 heterocycles. The van der Waals surface area contributed by atoms with Crippen molar-refractivity contribution in [1.82, 2.24) is 10.6 Å². The van der Waals surface area contributed by atoms with Gasteiger partial charge in [-0.25, -0.2) is 4.99 Å². The molecule has 130 valence electrons. The molecule has 22 heavy (non-hydrogen) atoms. The van der Waals surface area contributed by atoms with Gasteiger partial charge in [-0.2, -0.15) is 0 Å². The third kappa shape index (κ3) is 11.4. The van der Waals surface area contributed by atoms with Crippen molar-refractivity contribution in [3.63, 3.8) is 0 Å². The zero-order chi connectivity index (χ0) is 17.0. The minimum atomic E-state index is -0.494. The molecule has 0 radical (unpaired) electrons. The second-order valence-electron chi connectivity index (χ2n) is 6.33. The first-order valence-corrected chi connectivity index (χ1v) is 8.17. The van der Waals surface area contributed by atoms with Crippen molar-refractivity contribution in [3.8, 4) is 0 Å². The molecule has 1 atom stereocenters. The molecule has 0 amide bonds. The Hall–Kier alpha value is -1.30. The van der Waals surface area contributed by atoms with Gasteiger partial charge >= 0.3 is 5.97 Å². The number of carbonyl (C=O) groups is 1. The fourth-order valence-electron chi connectivity index (χ4n) is 2.04. The van der Waals surface area contributed by atoms with Crippen LogP contribution < -0.4 is 10.6 Å². The maximum Gasteiger partial charge on any atom is 0.328 e. The highest BCUT2D eigenvalue weighted by Crippen LogP contribution is 2.09. The van der Waals surface area contributed by atoms with Crippen LogP contribution in [-0.2, 0) is 9.53 Å². The van der Waals surface area contributed by atoms with E-state index in [2.05, 4.69) is 22.5 Å². The molecule has 0 aromatic rings. The summed E-state index contributed by atoms with van der Waals surface area (Å²) < 4.78 is 5.23. The van der Waals surface area contributed by atoms with Gasteiger partial charge in [0.2, 0.25) is 0 Å². The average molecular weight is 315 g/mol. The van der Waals surface area contributed by atoms with Crippen LogP contribution in [0.3, 0.4) is 0 Å². The van der Waals surface area contributed by atoms with Crippen LogP contribution in [-0.4, -0.2) is 48.9 Å².